The van der Waals surface area contributed by atoms with Crippen molar-refractivity contribution in [1.29, 1.82) is 5.26 Å². The van der Waals surface area contributed by atoms with Crippen molar-refractivity contribution in [2.45, 2.75) is 43.9 Å². The largest absolute Gasteiger partial charge is 0.417 e. The van der Waals surface area contributed by atoms with Crippen LogP contribution in [0.2, 0.25) is 0 Å². The molecule has 0 unspecified atom stereocenters. The van der Waals surface area contributed by atoms with Gasteiger partial charge in [-0.3, -0.25) is 19.4 Å². The molecule has 1 aliphatic heterocycles. The number of nitrogens with one attached hydrogen (secondary N) is 1. The van der Waals surface area contributed by atoms with Gasteiger partial charge in [0.25, 0.3) is 5.91 Å². The zero-order chi connectivity index (χ0) is 24.6. The highest BCUT2D eigenvalue weighted by Gasteiger charge is 2.48. The van der Waals surface area contributed by atoms with E-state index in [1.807, 2.05) is 5.48 Å². The molecule has 2 aromatic rings. The lowest BCUT2D eigenvalue weighted by Gasteiger charge is -2.32. The molecule has 0 bridgehead atoms. The Morgan fingerprint density at radius 3 is 2.21 bits per heavy atom. The molecule has 2 aromatic carbocycles. The van der Waals surface area contributed by atoms with Gasteiger partial charge in [-0.2, -0.15) is 18.4 Å². The fraction of sp³-hybridized carbons (Fsp3) is 0.348. The molecule has 7 nitrogen and oxygen atoms in total. The normalized spacial score (nSPS) is 20.2. The second kappa shape index (κ2) is 8.95. The molecular formula is C23H20F4N4O3. The highest BCUT2D eigenvalue weighted by molar-refractivity contribution is 6.08. The van der Waals surface area contributed by atoms with Crippen LogP contribution < -0.4 is 15.3 Å². The molecule has 4 rings (SSSR count). The number of hydroxylamine groups is 1. The molecule has 2 atom stereocenters. The SMILES string of the molecule is CONC(=O)c1ccc(N2C(=O)N(c3ccc(C#N)c(C(F)(F)F)c3)[C@H]3CCCC[C@@H]32)cc1F. The minimum Gasteiger partial charge on any atom is -0.289 e. The zero-order valence-electron chi connectivity index (χ0n) is 18.0. The van der Waals surface area contributed by atoms with Gasteiger partial charge in [0.1, 0.15) is 5.82 Å². The zero-order valence-corrected chi connectivity index (χ0v) is 18.0. The third-order valence-electron chi connectivity index (χ3n) is 6.15. The van der Waals surface area contributed by atoms with E-state index in [0.29, 0.717) is 12.8 Å². The molecule has 3 amide bonds. The van der Waals surface area contributed by atoms with Gasteiger partial charge in [-0.15, -0.1) is 0 Å². The Labute approximate surface area is 192 Å². The van der Waals surface area contributed by atoms with Gasteiger partial charge in [0.2, 0.25) is 0 Å². The highest BCUT2D eigenvalue weighted by atomic mass is 19.4. The van der Waals surface area contributed by atoms with Gasteiger partial charge in [-0.25, -0.2) is 14.7 Å². The van der Waals surface area contributed by atoms with E-state index in [0.717, 1.165) is 31.0 Å². The van der Waals surface area contributed by atoms with Crippen LogP contribution in [0, 0.1) is 17.1 Å². The van der Waals surface area contributed by atoms with Crippen molar-refractivity contribution in [3.8, 4) is 6.07 Å². The number of carbonyl (C=O) groups is 2. The van der Waals surface area contributed by atoms with Crippen LogP contribution in [0.15, 0.2) is 36.4 Å². The molecule has 34 heavy (non-hydrogen) atoms. The summed E-state index contributed by atoms with van der Waals surface area (Å²) in [6.45, 7) is 0. The number of nitriles is 1. The minimum absolute atomic E-state index is 0.0206. The third kappa shape index (κ3) is 4.05. The Balaban J connectivity index is 1.75. The average molecular weight is 476 g/mol. The van der Waals surface area contributed by atoms with Gasteiger partial charge < -0.3 is 0 Å². The van der Waals surface area contributed by atoms with E-state index in [2.05, 4.69) is 4.84 Å². The second-order valence-corrected chi connectivity index (χ2v) is 8.08. The fourth-order valence-corrected chi connectivity index (χ4v) is 4.70. The maximum Gasteiger partial charge on any atom is 0.417 e. The van der Waals surface area contributed by atoms with Crippen LogP contribution in [0.3, 0.4) is 0 Å². The fourth-order valence-electron chi connectivity index (χ4n) is 4.70. The smallest absolute Gasteiger partial charge is 0.289 e. The van der Waals surface area contributed by atoms with Crippen LogP contribution in [-0.2, 0) is 11.0 Å². The van der Waals surface area contributed by atoms with Gasteiger partial charge in [-0.1, -0.05) is 12.8 Å². The Bertz CT molecular complexity index is 1180. The van der Waals surface area contributed by atoms with Crippen molar-refractivity contribution in [3.05, 3.63) is 58.9 Å². The number of anilines is 2. The summed E-state index contributed by atoms with van der Waals surface area (Å²) in [5, 5.41) is 9.08. The van der Waals surface area contributed by atoms with Crippen LogP contribution in [0.25, 0.3) is 0 Å². The van der Waals surface area contributed by atoms with Crippen molar-refractivity contribution in [1.82, 2.24) is 5.48 Å². The molecule has 0 spiro atoms. The van der Waals surface area contributed by atoms with Gasteiger partial charge in [0, 0.05) is 11.4 Å². The molecule has 1 heterocycles. The van der Waals surface area contributed by atoms with E-state index in [4.69, 9.17) is 5.26 Å². The summed E-state index contributed by atoms with van der Waals surface area (Å²) in [6.07, 6.45) is -2.03. The summed E-state index contributed by atoms with van der Waals surface area (Å²) in [5.41, 5.74) is 0.298. The Morgan fingerprint density at radius 2 is 1.68 bits per heavy atom. The number of hydrogen-bond acceptors (Lipinski definition) is 4. The Kier molecular flexibility index (Phi) is 6.18. The van der Waals surface area contributed by atoms with E-state index >= 15 is 0 Å². The first-order valence-electron chi connectivity index (χ1n) is 10.5. The molecule has 1 saturated carbocycles. The van der Waals surface area contributed by atoms with Crippen LogP contribution in [0.1, 0.15) is 47.2 Å². The van der Waals surface area contributed by atoms with Crippen molar-refractivity contribution < 1.29 is 32.0 Å². The first-order valence-corrected chi connectivity index (χ1v) is 10.5. The van der Waals surface area contributed by atoms with Crippen LogP contribution in [-0.4, -0.2) is 31.1 Å². The number of hydrogen-bond donors (Lipinski definition) is 1. The van der Waals surface area contributed by atoms with E-state index in [1.165, 1.54) is 41.2 Å². The average Bonchev–Trinajstić information content (AvgIpc) is 3.09. The molecule has 2 fully saturated rings. The monoisotopic (exact) mass is 476 g/mol. The Hall–Kier alpha value is -3.65. The van der Waals surface area contributed by atoms with Crippen LogP contribution >= 0.6 is 0 Å². The number of carbonyl (C=O) groups excluding carboxylic acids is 2. The topological polar surface area (TPSA) is 85.7 Å². The van der Waals surface area contributed by atoms with E-state index in [-0.39, 0.29) is 23.0 Å². The standard InChI is InChI=1S/C23H20F4N4O3/c1-34-29-21(32)16-9-8-15(11-18(16)24)31-20-5-3-2-4-19(20)30(22(31)33)14-7-6-13(12-28)17(10-14)23(25,26)27/h6-11,19-20H,2-5H2,1H3,(H,29,32)/t19-,20-/m0/s1. The number of amides is 3. The molecule has 11 heteroatoms. The molecule has 1 aliphatic carbocycles. The van der Waals surface area contributed by atoms with Crippen molar-refractivity contribution in [2.24, 2.45) is 0 Å². The van der Waals surface area contributed by atoms with Crippen molar-refractivity contribution >= 4 is 23.3 Å². The lowest BCUT2D eigenvalue weighted by molar-refractivity contribution is -0.137. The molecular weight excluding hydrogens is 456 g/mol. The summed E-state index contributed by atoms with van der Waals surface area (Å²) >= 11 is 0. The van der Waals surface area contributed by atoms with Gasteiger partial charge in [0.05, 0.1) is 42.0 Å². The summed E-state index contributed by atoms with van der Waals surface area (Å²) in [5.74, 6) is -1.67. The van der Waals surface area contributed by atoms with Gasteiger partial charge >= 0.3 is 12.2 Å². The summed E-state index contributed by atoms with van der Waals surface area (Å²) in [7, 11) is 1.21. The predicted molar refractivity (Wildman–Crippen MR) is 113 cm³/mol. The van der Waals surface area contributed by atoms with Crippen molar-refractivity contribution in [2.75, 3.05) is 16.9 Å². The van der Waals surface area contributed by atoms with Gasteiger partial charge in [-0.05, 0) is 49.2 Å². The van der Waals surface area contributed by atoms with E-state index < -0.39 is 41.1 Å². The number of rotatable bonds is 4. The first kappa shape index (κ1) is 23.5. The third-order valence-corrected chi connectivity index (χ3v) is 6.15. The molecule has 0 radical (unpaired) electrons. The number of fused-ring (bicyclic) bond motifs is 1. The summed E-state index contributed by atoms with van der Waals surface area (Å²) < 4.78 is 55.3. The first-order chi connectivity index (χ1) is 16.2. The number of nitrogens with zero attached hydrogens (tertiary/aromatic N) is 3. The maximum absolute atomic E-state index is 14.7. The highest BCUT2D eigenvalue weighted by Crippen LogP contribution is 2.42. The molecule has 1 N–H and O–H groups in total. The Morgan fingerprint density at radius 1 is 1.09 bits per heavy atom. The maximum atomic E-state index is 14.7. The summed E-state index contributed by atoms with van der Waals surface area (Å²) in [4.78, 5) is 32.6. The van der Waals surface area contributed by atoms with Crippen molar-refractivity contribution in [3.63, 3.8) is 0 Å². The molecule has 1 saturated heterocycles. The quantitative estimate of drug-likeness (QED) is 0.509. The van der Waals surface area contributed by atoms with E-state index in [9.17, 15) is 27.2 Å². The molecule has 178 valence electrons. The number of benzene rings is 2. The molecule has 0 aromatic heterocycles. The summed E-state index contributed by atoms with van der Waals surface area (Å²) in [6, 6.07) is 7.00. The lowest BCUT2D eigenvalue weighted by Crippen LogP contribution is -2.40. The minimum atomic E-state index is -4.77. The lowest BCUT2D eigenvalue weighted by atomic mass is 9.89. The number of halogens is 4. The van der Waals surface area contributed by atoms with Gasteiger partial charge in [0.15, 0.2) is 0 Å². The van der Waals surface area contributed by atoms with Crippen LogP contribution in [0.4, 0.5) is 33.7 Å². The molecule has 2 aliphatic rings. The number of urea groups is 1. The predicted octanol–water partition coefficient (Wildman–Crippen LogP) is 4.77. The van der Waals surface area contributed by atoms with E-state index in [1.54, 1.807) is 0 Å². The second-order valence-electron chi connectivity index (χ2n) is 8.08. The number of alkyl halides is 3. The van der Waals surface area contributed by atoms with Crippen LogP contribution in [0.5, 0.6) is 0 Å².